The molecule has 1 fully saturated rings. The van der Waals surface area contributed by atoms with Crippen LogP contribution in [0.25, 0.3) is 0 Å². The molecule has 0 bridgehead atoms. The highest BCUT2D eigenvalue weighted by Crippen LogP contribution is 2.19. The van der Waals surface area contributed by atoms with Crippen LogP contribution in [-0.2, 0) is 47.7 Å². The number of hydrogen-bond donors (Lipinski definition) is 0. The van der Waals surface area contributed by atoms with Crippen LogP contribution in [0.3, 0.4) is 0 Å². The Labute approximate surface area is 167 Å². The second-order valence-corrected chi connectivity index (χ2v) is 6.08. The lowest BCUT2D eigenvalue weighted by Crippen LogP contribution is -2.32. The van der Waals surface area contributed by atoms with E-state index in [-0.39, 0.29) is 13.2 Å². The van der Waals surface area contributed by atoms with Gasteiger partial charge in [-0.3, -0.25) is 14.4 Å². The molecule has 160 valence electrons. The molecule has 10 heteroatoms. The van der Waals surface area contributed by atoms with Gasteiger partial charge in [-0.15, -0.1) is 0 Å². The van der Waals surface area contributed by atoms with Crippen molar-refractivity contribution in [3.8, 4) is 0 Å². The van der Waals surface area contributed by atoms with Gasteiger partial charge in [0.15, 0.2) is 12.2 Å². The number of allylic oxidation sites excluding steroid dienone is 1. The highest BCUT2D eigenvalue weighted by Gasteiger charge is 2.40. The van der Waals surface area contributed by atoms with Gasteiger partial charge in [0, 0.05) is 26.8 Å². The molecule has 1 saturated heterocycles. The molecule has 0 unspecified atom stereocenters. The number of hydrogen-bond acceptors (Lipinski definition) is 10. The fraction of sp³-hybridized carbons (Fsp3) is 0.526. The van der Waals surface area contributed by atoms with Crippen molar-refractivity contribution >= 4 is 29.8 Å². The smallest absolute Gasteiger partial charge is 0.348 e. The van der Waals surface area contributed by atoms with Crippen LogP contribution in [0.5, 0.6) is 0 Å². The molecule has 0 aromatic carbocycles. The topological polar surface area (TPSA) is 132 Å². The Bertz CT molecular complexity index is 693. The molecule has 0 N–H and O–H groups in total. The molecule has 0 radical (unpaired) electrons. The monoisotopic (exact) mass is 412 g/mol. The Hall–Kier alpha value is -3.17. The second kappa shape index (κ2) is 11.6. The summed E-state index contributed by atoms with van der Waals surface area (Å²) in [6, 6.07) is 0. The van der Waals surface area contributed by atoms with Crippen LogP contribution in [0.2, 0.25) is 0 Å². The molecule has 0 aromatic rings. The predicted octanol–water partition coefficient (Wildman–Crippen LogP) is 0.630. The number of carbonyl (C=O) groups excluding carboxylic acids is 5. The Morgan fingerprint density at radius 2 is 1.62 bits per heavy atom. The minimum atomic E-state index is -1.14. The average Bonchev–Trinajstić information content (AvgIpc) is 2.95. The zero-order chi connectivity index (χ0) is 22.0. The molecule has 0 saturated carbocycles. The summed E-state index contributed by atoms with van der Waals surface area (Å²) in [4.78, 5) is 57.2. The third-order valence-electron chi connectivity index (χ3n) is 3.56. The molecule has 1 rings (SSSR count). The van der Waals surface area contributed by atoms with Gasteiger partial charge in [0.2, 0.25) is 6.10 Å². The fourth-order valence-electron chi connectivity index (χ4n) is 2.43. The van der Waals surface area contributed by atoms with E-state index in [0.717, 1.165) is 13.0 Å². The maximum atomic E-state index is 12.0. The minimum Gasteiger partial charge on any atom is -0.462 e. The Kier molecular flexibility index (Phi) is 9.57. The van der Waals surface area contributed by atoms with Crippen LogP contribution in [-0.4, -0.2) is 61.4 Å². The summed E-state index contributed by atoms with van der Waals surface area (Å²) < 4.78 is 24.9. The van der Waals surface area contributed by atoms with Crippen LogP contribution in [0.1, 0.15) is 27.7 Å². The quantitative estimate of drug-likeness (QED) is 0.230. The molecule has 1 heterocycles. The van der Waals surface area contributed by atoms with E-state index < -0.39 is 54.1 Å². The van der Waals surface area contributed by atoms with Gasteiger partial charge in [-0.1, -0.05) is 6.08 Å². The maximum absolute atomic E-state index is 12.0. The molecule has 1 aliphatic heterocycles. The van der Waals surface area contributed by atoms with Gasteiger partial charge in [0.1, 0.15) is 13.2 Å². The predicted molar refractivity (Wildman–Crippen MR) is 96.0 cm³/mol. The minimum absolute atomic E-state index is 0.0559. The molecule has 4 atom stereocenters. The van der Waals surface area contributed by atoms with Gasteiger partial charge in [0.25, 0.3) is 0 Å². The summed E-state index contributed by atoms with van der Waals surface area (Å²) >= 11 is 0. The normalized spacial score (nSPS) is 20.8. The number of carbonyl (C=O) groups is 5. The van der Waals surface area contributed by atoms with Gasteiger partial charge >= 0.3 is 29.8 Å². The molecule has 0 aliphatic carbocycles. The van der Waals surface area contributed by atoms with E-state index in [0.29, 0.717) is 0 Å². The highest BCUT2D eigenvalue weighted by atomic mass is 16.6. The number of rotatable bonds is 9. The fourth-order valence-corrected chi connectivity index (χ4v) is 2.43. The Morgan fingerprint density at radius 1 is 1.03 bits per heavy atom. The average molecular weight is 412 g/mol. The van der Waals surface area contributed by atoms with Crippen molar-refractivity contribution in [1.82, 2.24) is 0 Å². The zero-order valence-electron chi connectivity index (χ0n) is 16.6. The lowest BCUT2D eigenvalue weighted by atomic mass is 10.1. The van der Waals surface area contributed by atoms with Crippen molar-refractivity contribution in [2.24, 2.45) is 5.92 Å². The third-order valence-corrected chi connectivity index (χ3v) is 3.56. The molecular weight excluding hydrogens is 388 g/mol. The van der Waals surface area contributed by atoms with Gasteiger partial charge in [-0.25, -0.2) is 9.59 Å². The molecule has 0 aromatic heterocycles. The molecule has 10 nitrogen and oxygen atoms in total. The van der Waals surface area contributed by atoms with Crippen molar-refractivity contribution in [2.45, 2.75) is 46.0 Å². The van der Waals surface area contributed by atoms with Gasteiger partial charge in [-0.2, -0.15) is 0 Å². The molecular formula is C19H24O10. The van der Waals surface area contributed by atoms with Crippen LogP contribution in [0, 0.1) is 5.92 Å². The summed E-state index contributed by atoms with van der Waals surface area (Å²) in [6.45, 7) is 4.92. The third kappa shape index (κ3) is 8.58. The number of esters is 5. The first-order chi connectivity index (χ1) is 13.6. The van der Waals surface area contributed by atoms with E-state index in [2.05, 4.69) is 0 Å². The first-order valence-corrected chi connectivity index (χ1v) is 8.80. The van der Waals surface area contributed by atoms with Gasteiger partial charge in [-0.05, 0) is 19.1 Å². The second-order valence-electron chi connectivity index (χ2n) is 6.08. The van der Waals surface area contributed by atoms with Crippen LogP contribution in [0.4, 0.5) is 0 Å². The first kappa shape index (κ1) is 23.9. The SMILES string of the molecule is C/C=C/[C@H](OC(C)=O)[C@@H](/C=C/C(=O)OC[C@H]1COC(=O)[C@@H]1OC(C)=O)OC(C)=O. The maximum Gasteiger partial charge on any atom is 0.348 e. The van der Waals surface area contributed by atoms with Gasteiger partial charge in [0.05, 0.1) is 5.92 Å². The van der Waals surface area contributed by atoms with Gasteiger partial charge < -0.3 is 23.7 Å². The molecule has 29 heavy (non-hydrogen) atoms. The Balaban J connectivity index is 2.74. The van der Waals surface area contributed by atoms with Crippen LogP contribution >= 0.6 is 0 Å². The largest absolute Gasteiger partial charge is 0.462 e. The van der Waals surface area contributed by atoms with E-state index in [1.807, 2.05) is 0 Å². The van der Waals surface area contributed by atoms with Crippen molar-refractivity contribution in [3.05, 3.63) is 24.3 Å². The number of ether oxygens (including phenoxy) is 5. The number of cyclic esters (lactones) is 1. The van der Waals surface area contributed by atoms with Crippen molar-refractivity contribution < 1.29 is 47.7 Å². The summed E-state index contributed by atoms with van der Waals surface area (Å²) in [6.07, 6.45) is 2.20. The Morgan fingerprint density at radius 3 is 2.14 bits per heavy atom. The van der Waals surface area contributed by atoms with Crippen LogP contribution in [0.15, 0.2) is 24.3 Å². The van der Waals surface area contributed by atoms with Crippen molar-refractivity contribution in [3.63, 3.8) is 0 Å². The summed E-state index contributed by atoms with van der Waals surface area (Å²) in [7, 11) is 0. The molecule has 1 aliphatic rings. The molecule has 0 amide bonds. The zero-order valence-corrected chi connectivity index (χ0v) is 16.6. The van der Waals surface area contributed by atoms with E-state index in [4.69, 9.17) is 23.7 Å². The summed E-state index contributed by atoms with van der Waals surface area (Å²) in [5.74, 6) is -4.03. The molecule has 0 spiro atoms. The first-order valence-electron chi connectivity index (χ1n) is 8.80. The van der Waals surface area contributed by atoms with Crippen molar-refractivity contribution in [1.29, 1.82) is 0 Å². The lowest BCUT2D eigenvalue weighted by Gasteiger charge is -2.21. The van der Waals surface area contributed by atoms with E-state index in [1.165, 1.54) is 26.0 Å². The van der Waals surface area contributed by atoms with E-state index in [1.54, 1.807) is 13.0 Å². The standard InChI is InChI=1S/C19H24O10/c1-5-6-15(27-11(2)20)16(28-12(3)21)7-8-17(23)25-9-14-10-26-19(24)18(14)29-13(4)22/h5-8,14-16,18H,9-10H2,1-4H3/b6-5+,8-7+/t14-,15-,16+,18+/m0/s1. The lowest BCUT2D eigenvalue weighted by molar-refractivity contribution is -0.160. The van der Waals surface area contributed by atoms with Crippen molar-refractivity contribution in [2.75, 3.05) is 13.2 Å². The highest BCUT2D eigenvalue weighted by molar-refractivity contribution is 5.83. The van der Waals surface area contributed by atoms with E-state index >= 15 is 0 Å². The summed E-state index contributed by atoms with van der Waals surface area (Å²) in [5.41, 5.74) is 0. The van der Waals surface area contributed by atoms with E-state index in [9.17, 15) is 24.0 Å². The summed E-state index contributed by atoms with van der Waals surface area (Å²) in [5, 5.41) is 0. The van der Waals surface area contributed by atoms with Crippen LogP contribution < -0.4 is 0 Å².